The summed E-state index contributed by atoms with van der Waals surface area (Å²) in [5.74, 6) is -0.790. The van der Waals surface area contributed by atoms with Crippen molar-refractivity contribution < 1.29 is 42.1 Å². The van der Waals surface area contributed by atoms with Crippen LogP contribution in [0.5, 0.6) is 0 Å². The average Bonchev–Trinajstić information content (AvgIpc) is 3.37. The molecule has 2 unspecified atom stereocenters. The molecule has 0 aromatic heterocycles. The molecule has 2 atom stereocenters. The van der Waals surface area contributed by atoms with E-state index in [2.05, 4.69) is 26.0 Å². The fourth-order valence-corrected chi connectivity index (χ4v) is 10.7. The van der Waals surface area contributed by atoms with E-state index in [4.69, 9.17) is 18.5 Å². The lowest BCUT2D eigenvalue weighted by atomic mass is 10.0. The van der Waals surface area contributed by atoms with Crippen LogP contribution in [0.2, 0.25) is 0 Å². The highest BCUT2D eigenvalue weighted by molar-refractivity contribution is 7.47. The molecular weight excluding hydrogens is 954 g/mol. The van der Waals surface area contributed by atoms with E-state index in [1.807, 2.05) is 21.1 Å². The van der Waals surface area contributed by atoms with Gasteiger partial charge < -0.3 is 18.9 Å². The number of hydrogen-bond acceptors (Lipinski definition) is 7. The highest BCUT2D eigenvalue weighted by Crippen LogP contribution is 2.43. The summed E-state index contributed by atoms with van der Waals surface area (Å²) in [7, 11) is 1.49. The molecule has 0 fully saturated rings. The Hall–Kier alpha value is -1.25. The molecule has 0 bridgehead atoms. The van der Waals surface area contributed by atoms with Gasteiger partial charge in [-0.15, -0.1) is 0 Å². The molecule has 0 rings (SSSR count). The fourth-order valence-electron chi connectivity index (χ4n) is 9.96. The van der Waals surface area contributed by atoms with E-state index in [-0.39, 0.29) is 25.6 Å². The van der Waals surface area contributed by atoms with Crippen molar-refractivity contribution in [2.75, 3.05) is 47.5 Å². The number of unbranched alkanes of at least 4 members (excludes halogenated alkanes) is 46. The molecule has 10 heteroatoms. The molecular formula is C65H129NO8P+. The van der Waals surface area contributed by atoms with Crippen LogP contribution in [0.1, 0.15) is 341 Å². The van der Waals surface area contributed by atoms with Gasteiger partial charge in [0.25, 0.3) is 0 Å². The second-order valence-corrected chi connectivity index (χ2v) is 25.3. The number of carbonyl (C=O) groups excluding carboxylic acids is 2. The Kier molecular flexibility index (Phi) is 56.5. The zero-order chi connectivity index (χ0) is 54.9. The van der Waals surface area contributed by atoms with Crippen LogP contribution in [0.3, 0.4) is 0 Å². The minimum atomic E-state index is -4.38. The summed E-state index contributed by atoms with van der Waals surface area (Å²) < 4.78 is 34.5. The Balaban J connectivity index is 3.81. The normalized spacial score (nSPS) is 13.2. The van der Waals surface area contributed by atoms with Crippen molar-refractivity contribution in [2.24, 2.45) is 0 Å². The fraction of sp³-hybridized carbons (Fsp3) is 0.938. The molecule has 0 spiro atoms. The monoisotopic (exact) mass is 1080 g/mol. The number of carbonyl (C=O) groups is 2. The minimum Gasteiger partial charge on any atom is -0.462 e. The summed E-state index contributed by atoms with van der Waals surface area (Å²) in [6.45, 7) is 4.46. The molecule has 0 saturated carbocycles. The van der Waals surface area contributed by atoms with Crippen molar-refractivity contribution >= 4 is 19.8 Å². The van der Waals surface area contributed by atoms with Gasteiger partial charge in [-0.05, 0) is 38.5 Å². The smallest absolute Gasteiger partial charge is 0.462 e. The van der Waals surface area contributed by atoms with Crippen molar-refractivity contribution in [3.63, 3.8) is 0 Å². The number of allylic oxidation sites excluding steroid dienone is 2. The Bertz CT molecular complexity index is 1270. The molecule has 0 aliphatic rings. The molecule has 0 aliphatic carbocycles. The summed E-state index contributed by atoms with van der Waals surface area (Å²) in [5, 5.41) is 0. The number of hydrogen-bond donors (Lipinski definition) is 1. The number of quaternary nitrogens is 1. The largest absolute Gasteiger partial charge is 0.472 e. The first-order valence-electron chi connectivity index (χ1n) is 32.9. The SMILES string of the molecule is CCCCCC/C=C\CCCCCCCC(=O)OC(COC(=O)CCCCCCCCCCCCCCCCCCCCCCCCCCCCCCCCCCCCCCCC)COP(=O)(O)OCC[N+](C)(C)C. The van der Waals surface area contributed by atoms with Gasteiger partial charge in [0.05, 0.1) is 27.7 Å². The van der Waals surface area contributed by atoms with Gasteiger partial charge in [-0.1, -0.05) is 302 Å². The quantitative estimate of drug-likeness (QED) is 0.0211. The predicted molar refractivity (Wildman–Crippen MR) is 321 cm³/mol. The third-order valence-corrected chi connectivity index (χ3v) is 16.0. The van der Waals surface area contributed by atoms with Crippen LogP contribution in [0.25, 0.3) is 0 Å². The first-order valence-corrected chi connectivity index (χ1v) is 34.4. The highest BCUT2D eigenvalue weighted by atomic mass is 31.2. The van der Waals surface area contributed by atoms with E-state index in [1.54, 1.807) is 0 Å². The van der Waals surface area contributed by atoms with E-state index in [0.717, 1.165) is 51.4 Å². The van der Waals surface area contributed by atoms with Crippen LogP contribution in [0, 0.1) is 0 Å². The second kappa shape index (κ2) is 57.4. The van der Waals surface area contributed by atoms with Crippen molar-refractivity contribution in [1.29, 1.82) is 0 Å². The molecule has 0 radical (unpaired) electrons. The number of nitrogens with zero attached hydrogens (tertiary/aromatic N) is 1. The summed E-state index contributed by atoms with van der Waals surface area (Å²) in [6, 6.07) is 0. The first-order chi connectivity index (χ1) is 36.5. The lowest BCUT2D eigenvalue weighted by molar-refractivity contribution is -0.870. The van der Waals surface area contributed by atoms with Gasteiger partial charge in [-0.3, -0.25) is 18.6 Å². The zero-order valence-electron chi connectivity index (χ0n) is 50.8. The third kappa shape index (κ3) is 61.8. The molecule has 1 N–H and O–H groups in total. The predicted octanol–water partition coefficient (Wildman–Crippen LogP) is 20.8. The third-order valence-electron chi connectivity index (χ3n) is 15.0. The standard InChI is InChI=1S/C65H128NO8P/c1-6-8-10-12-14-16-18-20-21-22-23-24-25-26-27-28-29-30-31-32-33-34-35-36-37-38-39-40-41-42-43-44-46-47-49-51-53-55-57-64(67)71-61-63(62-73-75(69,70)72-60-59-66(3,4)5)74-65(68)58-56-54-52-50-48-45-19-17-15-13-11-9-7-2/h17,19,63H,6-16,18,20-62H2,1-5H3/p+1/b19-17-. The van der Waals surface area contributed by atoms with E-state index in [1.165, 1.54) is 257 Å². The molecule has 0 amide bonds. The molecule has 446 valence electrons. The second-order valence-electron chi connectivity index (χ2n) is 23.9. The van der Waals surface area contributed by atoms with Crippen molar-refractivity contribution in [3.05, 3.63) is 12.2 Å². The van der Waals surface area contributed by atoms with Crippen LogP contribution in [0.15, 0.2) is 12.2 Å². The Morgan fingerprint density at radius 1 is 0.400 bits per heavy atom. The maximum atomic E-state index is 12.8. The van der Waals surface area contributed by atoms with Gasteiger partial charge in [0.15, 0.2) is 6.10 Å². The van der Waals surface area contributed by atoms with E-state index >= 15 is 0 Å². The Morgan fingerprint density at radius 3 is 1.00 bits per heavy atom. The average molecular weight is 1080 g/mol. The highest BCUT2D eigenvalue weighted by Gasteiger charge is 2.27. The molecule has 9 nitrogen and oxygen atoms in total. The maximum Gasteiger partial charge on any atom is 0.472 e. The van der Waals surface area contributed by atoms with Crippen molar-refractivity contribution in [2.45, 2.75) is 347 Å². The first kappa shape index (κ1) is 73.8. The summed E-state index contributed by atoms with van der Waals surface area (Å²) >= 11 is 0. The van der Waals surface area contributed by atoms with Gasteiger partial charge in [0, 0.05) is 12.8 Å². The summed E-state index contributed by atoms with van der Waals surface area (Å²) in [5.41, 5.74) is 0. The van der Waals surface area contributed by atoms with Gasteiger partial charge in [0.1, 0.15) is 19.8 Å². The number of phosphoric acid groups is 1. The number of ether oxygens (including phenoxy) is 2. The van der Waals surface area contributed by atoms with Gasteiger partial charge in [0.2, 0.25) is 0 Å². The van der Waals surface area contributed by atoms with E-state index < -0.39 is 26.5 Å². The van der Waals surface area contributed by atoms with Crippen LogP contribution in [0.4, 0.5) is 0 Å². The molecule has 0 saturated heterocycles. The Labute approximate surface area is 466 Å². The minimum absolute atomic E-state index is 0.0336. The van der Waals surface area contributed by atoms with Crippen LogP contribution in [-0.4, -0.2) is 74.9 Å². The molecule has 0 aromatic rings. The lowest BCUT2D eigenvalue weighted by Crippen LogP contribution is -2.37. The van der Waals surface area contributed by atoms with E-state index in [9.17, 15) is 19.0 Å². The van der Waals surface area contributed by atoms with Gasteiger partial charge in [-0.2, -0.15) is 0 Å². The molecule has 0 heterocycles. The Morgan fingerprint density at radius 2 is 0.680 bits per heavy atom. The van der Waals surface area contributed by atoms with Crippen LogP contribution in [-0.2, 0) is 32.7 Å². The zero-order valence-corrected chi connectivity index (χ0v) is 51.7. The number of phosphoric ester groups is 1. The number of likely N-dealkylation sites (N-methyl/N-ethyl adjacent to an activating group) is 1. The van der Waals surface area contributed by atoms with Gasteiger partial charge >= 0.3 is 19.8 Å². The summed E-state index contributed by atoms with van der Waals surface area (Å²) in [4.78, 5) is 35.6. The molecule has 0 aromatic carbocycles. The number of esters is 2. The number of rotatable bonds is 62. The van der Waals surface area contributed by atoms with E-state index in [0.29, 0.717) is 23.9 Å². The maximum absolute atomic E-state index is 12.8. The summed E-state index contributed by atoms with van der Waals surface area (Å²) in [6.07, 6.45) is 69.2. The van der Waals surface area contributed by atoms with Crippen LogP contribution >= 0.6 is 7.82 Å². The topological polar surface area (TPSA) is 108 Å². The van der Waals surface area contributed by atoms with Gasteiger partial charge in [-0.25, -0.2) is 4.57 Å². The molecule has 75 heavy (non-hydrogen) atoms. The van der Waals surface area contributed by atoms with Crippen molar-refractivity contribution in [3.8, 4) is 0 Å². The lowest BCUT2D eigenvalue weighted by Gasteiger charge is -2.24. The molecule has 0 aliphatic heterocycles. The van der Waals surface area contributed by atoms with Crippen LogP contribution < -0.4 is 0 Å². The van der Waals surface area contributed by atoms with Crippen molar-refractivity contribution in [1.82, 2.24) is 0 Å².